The van der Waals surface area contributed by atoms with Crippen LogP contribution in [0.3, 0.4) is 0 Å². The number of nitriles is 1. The molecule has 0 aliphatic carbocycles. The normalized spacial score (nSPS) is 10.8. The first kappa shape index (κ1) is 25.0. The number of carbonyl (C=O) groups excluding carboxylic acids is 1. The van der Waals surface area contributed by atoms with Crippen molar-refractivity contribution < 1.29 is 19.2 Å². The van der Waals surface area contributed by atoms with Gasteiger partial charge in [-0.3, -0.25) is 14.9 Å². The topological polar surface area (TPSA) is 114 Å². The lowest BCUT2D eigenvalue weighted by atomic mass is 10.1. The molecule has 34 heavy (non-hydrogen) atoms. The zero-order valence-corrected chi connectivity index (χ0v) is 20.7. The van der Waals surface area contributed by atoms with E-state index in [0.29, 0.717) is 27.2 Å². The molecular formula is C24H17ClIN3O5. The second-order valence-electron chi connectivity index (χ2n) is 6.85. The van der Waals surface area contributed by atoms with E-state index in [-0.39, 0.29) is 22.0 Å². The quantitative estimate of drug-likeness (QED) is 0.114. The summed E-state index contributed by atoms with van der Waals surface area (Å²) in [5, 5.41) is 23.3. The number of carbonyl (C=O) groups is 1. The predicted molar refractivity (Wildman–Crippen MR) is 137 cm³/mol. The van der Waals surface area contributed by atoms with Crippen molar-refractivity contribution in [2.45, 2.75) is 6.61 Å². The van der Waals surface area contributed by atoms with E-state index in [9.17, 15) is 20.2 Å². The minimum Gasteiger partial charge on any atom is -0.493 e. The second kappa shape index (κ2) is 11.5. The highest BCUT2D eigenvalue weighted by atomic mass is 127. The van der Waals surface area contributed by atoms with Crippen LogP contribution >= 0.6 is 34.2 Å². The molecule has 0 spiro atoms. The van der Waals surface area contributed by atoms with E-state index in [1.807, 2.05) is 36.4 Å². The number of halogens is 2. The van der Waals surface area contributed by atoms with E-state index < -0.39 is 10.8 Å². The third kappa shape index (κ3) is 6.24. The summed E-state index contributed by atoms with van der Waals surface area (Å²) >= 11 is 7.89. The summed E-state index contributed by atoms with van der Waals surface area (Å²) in [6.45, 7) is 0.341. The summed E-state index contributed by atoms with van der Waals surface area (Å²) in [5.74, 6) is 0.162. The molecule has 0 saturated carbocycles. The van der Waals surface area contributed by atoms with Crippen molar-refractivity contribution >= 4 is 57.5 Å². The molecule has 3 aromatic rings. The summed E-state index contributed by atoms with van der Waals surface area (Å²) in [6, 6.07) is 18.7. The maximum Gasteiger partial charge on any atom is 0.294 e. The summed E-state index contributed by atoms with van der Waals surface area (Å²) in [7, 11) is 1.49. The third-order valence-corrected chi connectivity index (χ3v) is 5.59. The largest absolute Gasteiger partial charge is 0.493 e. The first-order valence-electron chi connectivity index (χ1n) is 9.73. The van der Waals surface area contributed by atoms with Gasteiger partial charge in [0.05, 0.1) is 15.6 Å². The molecule has 0 aliphatic heterocycles. The molecule has 172 valence electrons. The lowest BCUT2D eigenvalue weighted by Crippen LogP contribution is -2.14. The fourth-order valence-corrected chi connectivity index (χ4v) is 3.91. The molecule has 0 aliphatic rings. The van der Waals surface area contributed by atoms with Gasteiger partial charge >= 0.3 is 0 Å². The van der Waals surface area contributed by atoms with E-state index in [1.54, 1.807) is 12.1 Å². The lowest BCUT2D eigenvalue weighted by molar-refractivity contribution is -0.383. The molecule has 0 radical (unpaired) electrons. The molecule has 1 amide bonds. The summed E-state index contributed by atoms with van der Waals surface area (Å²) < 4.78 is 12.1. The minimum atomic E-state index is -0.800. The van der Waals surface area contributed by atoms with Crippen LogP contribution in [-0.2, 0) is 11.4 Å². The van der Waals surface area contributed by atoms with E-state index in [4.69, 9.17) is 21.1 Å². The Morgan fingerprint density at radius 1 is 1.24 bits per heavy atom. The van der Waals surface area contributed by atoms with Gasteiger partial charge in [-0.2, -0.15) is 5.26 Å². The van der Waals surface area contributed by atoms with Gasteiger partial charge in [0, 0.05) is 11.1 Å². The Morgan fingerprint density at radius 2 is 1.97 bits per heavy atom. The average Bonchev–Trinajstić information content (AvgIpc) is 2.83. The summed E-state index contributed by atoms with van der Waals surface area (Å²) in [4.78, 5) is 23.2. The number of nitrogens with one attached hydrogen (secondary N) is 1. The number of nitro benzene ring substituents is 1. The molecule has 3 aromatic carbocycles. The molecule has 0 unspecified atom stereocenters. The fraction of sp³-hybridized carbons (Fsp3) is 0.0833. The molecule has 10 heteroatoms. The molecule has 0 fully saturated rings. The highest BCUT2D eigenvalue weighted by Gasteiger charge is 2.19. The van der Waals surface area contributed by atoms with Gasteiger partial charge in [-0.1, -0.05) is 41.9 Å². The molecule has 0 atom stereocenters. The smallest absolute Gasteiger partial charge is 0.294 e. The third-order valence-electron chi connectivity index (χ3n) is 4.56. The molecule has 3 rings (SSSR count). The monoisotopic (exact) mass is 589 g/mol. The van der Waals surface area contributed by atoms with Crippen LogP contribution in [-0.4, -0.2) is 17.9 Å². The maximum atomic E-state index is 12.7. The summed E-state index contributed by atoms with van der Waals surface area (Å²) in [5.41, 5.74) is 0.807. The van der Waals surface area contributed by atoms with Crippen LogP contribution in [0.25, 0.3) is 6.08 Å². The van der Waals surface area contributed by atoms with Gasteiger partial charge in [0.25, 0.3) is 11.6 Å². The molecule has 0 bridgehead atoms. The highest BCUT2D eigenvalue weighted by Crippen LogP contribution is 2.35. The van der Waals surface area contributed by atoms with Crippen LogP contribution in [0.4, 0.5) is 11.4 Å². The number of nitro groups is 1. The predicted octanol–water partition coefficient (Wildman–Crippen LogP) is 5.99. The SMILES string of the molecule is COc1cc(/C=C(\C#N)C(=O)Nc2ccc(Cl)cc2[N+](=O)[O-])cc(I)c1OCc1ccccc1. The first-order valence-corrected chi connectivity index (χ1v) is 11.2. The number of benzene rings is 3. The molecule has 1 N–H and O–H groups in total. The van der Waals surface area contributed by atoms with Crippen LogP contribution in [0, 0.1) is 25.0 Å². The number of rotatable bonds is 8. The number of methoxy groups -OCH3 is 1. The Balaban J connectivity index is 1.85. The van der Waals surface area contributed by atoms with Crippen LogP contribution in [0.2, 0.25) is 5.02 Å². The van der Waals surface area contributed by atoms with Crippen molar-refractivity contribution in [2.75, 3.05) is 12.4 Å². The average molecular weight is 590 g/mol. The van der Waals surface area contributed by atoms with Crippen LogP contribution in [0.5, 0.6) is 11.5 Å². The van der Waals surface area contributed by atoms with Crippen LogP contribution in [0.1, 0.15) is 11.1 Å². The number of nitrogens with zero attached hydrogens (tertiary/aromatic N) is 2. The van der Waals surface area contributed by atoms with E-state index >= 15 is 0 Å². The summed E-state index contributed by atoms with van der Waals surface area (Å²) in [6.07, 6.45) is 1.36. The van der Waals surface area contributed by atoms with Crippen molar-refractivity contribution in [3.8, 4) is 17.6 Å². The minimum absolute atomic E-state index is 0.0719. The number of amides is 1. The van der Waals surface area contributed by atoms with Gasteiger partial charge in [-0.25, -0.2) is 0 Å². The molecule has 0 heterocycles. The number of anilines is 1. The van der Waals surface area contributed by atoms with Gasteiger partial charge < -0.3 is 14.8 Å². The van der Waals surface area contributed by atoms with Gasteiger partial charge in [-0.05, 0) is 64.1 Å². The Labute approximate surface area is 214 Å². The van der Waals surface area contributed by atoms with E-state index in [2.05, 4.69) is 27.9 Å². The Kier molecular flexibility index (Phi) is 8.45. The molecule has 8 nitrogen and oxygen atoms in total. The van der Waals surface area contributed by atoms with Crippen molar-refractivity contribution in [3.63, 3.8) is 0 Å². The van der Waals surface area contributed by atoms with Crippen molar-refractivity contribution in [1.82, 2.24) is 0 Å². The maximum absolute atomic E-state index is 12.7. The van der Waals surface area contributed by atoms with Crippen LogP contribution < -0.4 is 14.8 Å². The van der Waals surface area contributed by atoms with Crippen molar-refractivity contribution in [1.29, 1.82) is 5.26 Å². The molecule has 0 aromatic heterocycles. The second-order valence-corrected chi connectivity index (χ2v) is 8.45. The fourth-order valence-electron chi connectivity index (χ4n) is 2.96. The zero-order valence-electron chi connectivity index (χ0n) is 17.7. The number of hydrogen-bond acceptors (Lipinski definition) is 6. The van der Waals surface area contributed by atoms with Gasteiger partial charge in [-0.15, -0.1) is 0 Å². The Morgan fingerprint density at radius 3 is 2.62 bits per heavy atom. The number of ether oxygens (including phenoxy) is 2. The Bertz CT molecular complexity index is 1310. The van der Waals surface area contributed by atoms with Crippen molar-refractivity contribution in [3.05, 3.63) is 96.1 Å². The highest BCUT2D eigenvalue weighted by molar-refractivity contribution is 14.1. The van der Waals surface area contributed by atoms with Crippen molar-refractivity contribution in [2.24, 2.45) is 0 Å². The van der Waals surface area contributed by atoms with Gasteiger partial charge in [0.2, 0.25) is 0 Å². The van der Waals surface area contributed by atoms with Gasteiger partial charge in [0.15, 0.2) is 11.5 Å². The zero-order chi connectivity index (χ0) is 24.7. The standard InChI is InChI=1S/C24H17ClIN3O5/c1-33-22-11-16(10-19(26)23(22)34-14-15-5-3-2-4-6-15)9-17(13-27)24(30)28-20-8-7-18(25)12-21(20)29(31)32/h2-12H,14H2,1H3,(H,28,30)/b17-9+. The first-order chi connectivity index (χ1) is 16.3. The van der Waals surface area contributed by atoms with E-state index in [1.165, 1.54) is 25.3 Å². The van der Waals surface area contributed by atoms with Crippen LogP contribution in [0.15, 0.2) is 66.2 Å². The van der Waals surface area contributed by atoms with Gasteiger partial charge in [0.1, 0.15) is 23.9 Å². The number of hydrogen-bond donors (Lipinski definition) is 1. The molecule has 0 saturated heterocycles. The lowest BCUT2D eigenvalue weighted by Gasteiger charge is -2.14. The Hall–Kier alpha value is -3.62. The van der Waals surface area contributed by atoms with E-state index in [0.717, 1.165) is 11.6 Å². The molecular weight excluding hydrogens is 573 g/mol.